The number of hydrogen-bond donors (Lipinski definition) is 0. The van der Waals surface area contributed by atoms with Crippen molar-refractivity contribution in [3.63, 3.8) is 0 Å². The number of carbonyl (C=O) groups is 1. The zero-order chi connectivity index (χ0) is 19.3. The Kier molecular flexibility index (Phi) is 5.30. The second kappa shape index (κ2) is 8.19. The van der Waals surface area contributed by atoms with E-state index < -0.39 is 0 Å². The SMILES string of the molecule is Cc1ccccc1CN(Cc1cccnc1)C(=O)c1csc(-c2ccco2)n1. The minimum atomic E-state index is -0.110. The smallest absolute Gasteiger partial charge is 0.273 e. The lowest BCUT2D eigenvalue weighted by atomic mass is 10.1. The Balaban J connectivity index is 1.62. The molecule has 0 aliphatic heterocycles. The molecule has 0 N–H and O–H groups in total. The van der Waals surface area contributed by atoms with E-state index in [1.165, 1.54) is 11.3 Å². The van der Waals surface area contributed by atoms with Crippen molar-refractivity contribution in [2.24, 2.45) is 0 Å². The van der Waals surface area contributed by atoms with Gasteiger partial charge in [0.2, 0.25) is 0 Å². The number of nitrogens with zero attached hydrogens (tertiary/aromatic N) is 3. The maximum Gasteiger partial charge on any atom is 0.273 e. The lowest BCUT2D eigenvalue weighted by Gasteiger charge is -2.23. The normalized spacial score (nSPS) is 10.8. The van der Waals surface area contributed by atoms with Crippen molar-refractivity contribution < 1.29 is 9.21 Å². The predicted molar refractivity (Wildman–Crippen MR) is 109 cm³/mol. The molecular weight excluding hydrogens is 370 g/mol. The fourth-order valence-electron chi connectivity index (χ4n) is 2.95. The summed E-state index contributed by atoms with van der Waals surface area (Å²) < 4.78 is 5.39. The molecule has 0 bridgehead atoms. The van der Waals surface area contributed by atoms with Crippen LogP contribution in [0.4, 0.5) is 0 Å². The summed E-state index contributed by atoms with van der Waals surface area (Å²) in [6.45, 7) is 3.03. The number of aryl methyl sites for hydroxylation is 1. The fraction of sp³-hybridized carbons (Fsp3) is 0.136. The Morgan fingerprint density at radius 1 is 1.11 bits per heavy atom. The number of pyridine rings is 1. The Hall–Kier alpha value is -3.25. The van der Waals surface area contributed by atoms with Gasteiger partial charge in [0, 0.05) is 30.9 Å². The summed E-state index contributed by atoms with van der Waals surface area (Å²) in [6.07, 6.45) is 5.12. The Morgan fingerprint density at radius 2 is 2.00 bits per heavy atom. The van der Waals surface area contributed by atoms with Crippen LogP contribution in [0.5, 0.6) is 0 Å². The molecule has 4 rings (SSSR count). The Bertz CT molecular complexity index is 1060. The van der Waals surface area contributed by atoms with E-state index in [2.05, 4.69) is 23.0 Å². The lowest BCUT2D eigenvalue weighted by Crippen LogP contribution is -2.30. The van der Waals surface area contributed by atoms with Gasteiger partial charge < -0.3 is 9.32 Å². The van der Waals surface area contributed by atoms with Gasteiger partial charge in [-0.2, -0.15) is 0 Å². The molecule has 0 aliphatic carbocycles. The highest BCUT2D eigenvalue weighted by Crippen LogP contribution is 2.25. The summed E-state index contributed by atoms with van der Waals surface area (Å²) in [5.41, 5.74) is 3.67. The number of thiazole rings is 1. The van der Waals surface area contributed by atoms with Gasteiger partial charge in [-0.25, -0.2) is 4.98 Å². The van der Waals surface area contributed by atoms with Crippen molar-refractivity contribution in [1.29, 1.82) is 0 Å². The maximum absolute atomic E-state index is 13.3. The molecule has 0 radical (unpaired) electrons. The molecular formula is C22H19N3O2S. The van der Waals surface area contributed by atoms with Gasteiger partial charge in [-0.15, -0.1) is 11.3 Å². The van der Waals surface area contributed by atoms with E-state index in [4.69, 9.17) is 4.42 Å². The van der Waals surface area contributed by atoms with Crippen LogP contribution in [0.25, 0.3) is 10.8 Å². The third-order valence-corrected chi connectivity index (χ3v) is 5.32. The monoisotopic (exact) mass is 389 g/mol. The second-order valence-corrected chi connectivity index (χ2v) is 7.32. The molecule has 0 fully saturated rings. The average Bonchev–Trinajstić information content (AvgIpc) is 3.41. The summed E-state index contributed by atoms with van der Waals surface area (Å²) in [5.74, 6) is 0.558. The third-order valence-electron chi connectivity index (χ3n) is 4.46. The van der Waals surface area contributed by atoms with E-state index in [0.717, 1.165) is 16.7 Å². The molecule has 0 spiro atoms. The molecule has 0 saturated carbocycles. The first-order valence-corrected chi connectivity index (χ1v) is 9.81. The van der Waals surface area contributed by atoms with Crippen LogP contribution in [0.15, 0.2) is 77.0 Å². The van der Waals surface area contributed by atoms with Crippen molar-refractivity contribution in [1.82, 2.24) is 14.9 Å². The van der Waals surface area contributed by atoms with Gasteiger partial charge in [0.05, 0.1) is 6.26 Å². The van der Waals surface area contributed by atoms with Crippen LogP contribution >= 0.6 is 11.3 Å². The molecule has 3 heterocycles. The first kappa shape index (κ1) is 18.1. The zero-order valence-electron chi connectivity index (χ0n) is 15.4. The topological polar surface area (TPSA) is 59.2 Å². The highest BCUT2D eigenvalue weighted by Gasteiger charge is 2.21. The number of rotatable bonds is 6. The van der Waals surface area contributed by atoms with Crippen LogP contribution in [0.2, 0.25) is 0 Å². The third kappa shape index (κ3) is 4.02. The number of aromatic nitrogens is 2. The standard InChI is InChI=1S/C22H19N3O2S/c1-16-6-2-3-8-18(16)14-25(13-17-7-4-10-23-12-17)22(26)19-15-28-21(24-19)20-9-5-11-27-20/h2-12,15H,13-14H2,1H3. The van der Waals surface area contributed by atoms with Crippen molar-refractivity contribution in [2.75, 3.05) is 0 Å². The van der Waals surface area contributed by atoms with Crippen LogP contribution in [0.1, 0.15) is 27.2 Å². The second-order valence-electron chi connectivity index (χ2n) is 6.46. The van der Waals surface area contributed by atoms with Gasteiger partial charge in [-0.05, 0) is 41.8 Å². The molecule has 0 atom stereocenters. The molecule has 0 unspecified atom stereocenters. The summed E-state index contributed by atoms with van der Waals surface area (Å²) >= 11 is 1.40. The van der Waals surface area contributed by atoms with E-state index in [1.54, 1.807) is 28.9 Å². The first-order chi connectivity index (χ1) is 13.7. The largest absolute Gasteiger partial charge is 0.462 e. The zero-order valence-corrected chi connectivity index (χ0v) is 16.2. The number of benzene rings is 1. The van der Waals surface area contributed by atoms with E-state index in [1.807, 2.05) is 42.5 Å². The average molecular weight is 389 g/mol. The highest BCUT2D eigenvalue weighted by molar-refractivity contribution is 7.13. The Morgan fingerprint density at radius 3 is 2.75 bits per heavy atom. The van der Waals surface area contributed by atoms with Gasteiger partial charge in [-0.3, -0.25) is 9.78 Å². The van der Waals surface area contributed by atoms with Crippen LogP contribution in [0.3, 0.4) is 0 Å². The van der Waals surface area contributed by atoms with Crippen molar-refractivity contribution in [2.45, 2.75) is 20.0 Å². The molecule has 28 heavy (non-hydrogen) atoms. The quantitative estimate of drug-likeness (QED) is 0.468. The van der Waals surface area contributed by atoms with Crippen LogP contribution in [-0.2, 0) is 13.1 Å². The molecule has 0 aliphatic rings. The van der Waals surface area contributed by atoms with E-state index in [9.17, 15) is 4.79 Å². The minimum Gasteiger partial charge on any atom is -0.462 e. The minimum absolute atomic E-state index is 0.110. The van der Waals surface area contributed by atoms with E-state index in [0.29, 0.717) is 29.6 Å². The summed E-state index contributed by atoms with van der Waals surface area (Å²) in [6, 6.07) is 15.6. The molecule has 3 aromatic heterocycles. The highest BCUT2D eigenvalue weighted by atomic mass is 32.1. The molecule has 140 valence electrons. The summed E-state index contributed by atoms with van der Waals surface area (Å²) in [7, 11) is 0. The molecule has 6 heteroatoms. The lowest BCUT2D eigenvalue weighted by molar-refractivity contribution is 0.0724. The summed E-state index contributed by atoms with van der Waals surface area (Å²) in [4.78, 5) is 23.7. The van der Waals surface area contributed by atoms with Gasteiger partial charge in [0.1, 0.15) is 5.69 Å². The number of carbonyl (C=O) groups excluding carboxylic acids is 1. The van der Waals surface area contributed by atoms with Crippen LogP contribution in [-0.4, -0.2) is 20.8 Å². The molecule has 0 saturated heterocycles. The Labute approximate surface area is 167 Å². The molecule has 1 aromatic carbocycles. The number of hydrogen-bond acceptors (Lipinski definition) is 5. The van der Waals surface area contributed by atoms with Gasteiger partial charge >= 0.3 is 0 Å². The van der Waals surface area contributed by atoms with Crippen molar-refractivity contribution in [3.05, 3.63) is 95.0 Å². The first-order valence-electron chi connectivity index (χ1n) is 8.93. The van der Waals surface area contributed by atoms with Gasteiger partial charge in [-0.1, -0.05) is 30.3 Å². The maximum atomic E-state index is 13.3. The van der Waals surface area contributed by atoms with Crippen LogP contribution < -0.4 is 0 Å². The van der Waals surface area contributed by atoms with E-state index in [-0.39, 0.29) is 5.91 Å². The van der Waals surface area contributed by atoms with Crippen molar-refractivity contribution >= 4 is 17.2 Å². The molecule has 1 amide bonds. The van der Waals surface area contributed by atoms with Gasteiger partial charge in [0.25, 0.3) is 5.91 Å². The van der Waals surface area contributed by atoms with E-state index >= 15 is 0 Å². The van der Waals surface area contributed by atoms with Crippen LogP contribution in [0, 0.1) is 6.92 Å². The molecule has 5 nitrogen and oxygen atoms in total. The number of furan rings is 1. The molecule has 4 aromatic rings. The summed E-state index contributed by atoms with van der Waals surface area (Å²) in [5, 5.41) is 2.49. The van der Waals surface area contributed by atoms with Gasteiger partial charge in [0.15, 0.2) is 10.8 Å². The van der Waals surface area contributed by atoms with Crippen molar-refractivity contribution in [3.8, 4) is 10.8 Å². The number of amides is 1. The predicted octanol–water partition coefficient (Wildman–Crippen LogP) is 4.95. The fourth-order valence-corrected chi connectivity index (χ4v) is 3.71.